The normalized spacial score (nSPS) is 14.5. The summed E-state index contributed by atoms with van der Waals surface area (Å²) in [6.45, 7) is 14.3. The second-order valence-corrected chi connectivity index (χ2v) is 34.2. The number of esters is 4. The van der Waals surface area contributed by atoms with Crippen molar-refractivity contribution in [2.45, 2.75) is 446 Å². The summed E-state index contributed by atoms with van der Waals surface area (Å²) in [5.74, 6) is 1.05. The Hall–Kier alpha value is -1.94. The number of carbonyl (C=O) groups is 4. The molecule has 102 heavy (non-hydrogen) atoms. The van der Waals surface area contributed by atoms with Gasteiger partial charge in [-0.25, -0.2) is 9.13 Å². The smallest absolute Gasteiger partial charge is 0.462 e. The highest BCUT2D eigenvalue weighted by atomic mass is 31.2. The summed E-state index contributed by atoms with van der Waals surface area (Å²) in [6, 6.07) is 0. The summed E-state index contributed by atoms with van der Waals surface area (Å²) >= 11 is 0. The van der Waals surface area contributed by atoms with Crippen molar-refractivity contribution in [2.75, 3.05) is 39.6 Å². The van der Waals surface area contributed by atoms with Crippen molar-refractivity contribution >= 4 is 39.5 Å². The second kappa shape index (κ2) is 72.0. The predicted octanol–water partition coefficient (Wildman–Crippen LogP) is 24.8. The van der Waals surface area contributed by atoms with Gasteiger partial charge in [-0.2, -0.15) is 0 Å². The highest BCUT2D eigenvalue weighted by Crippen LogP contribution is 2.45. The summed E-state index contributed by atoms with van der Waals surface area (Å²) in [5.41, 5.74) is 0. The average Bonchev–Trinajstić information content (AvgIpc) is 0.912. The molecule has 0 saturated heterocycles. The lowest BCUT2D eigenvalue weighted by atomic mass is 9.99. The van der Waals surface area contributed by atoms with Crippen molar-refractivity contribution in [1.29, 1.82) is 0 Å². The van der Waals surface area contributed by atoms with Gasteiger partial charge >= 0.3 is 39.5 Å². The summed E-state index contributed by atoms with van der Waals surface area (Å²) in [5, 5.41) is 10.6. The maximum absolute atomic E-state index is 13.1. The van der Waals surface area contributed by atoms with Gasteiger partial charge in [0.25, 0.3) is 0 Å². The van der Waals surface area contributed by atoms with E-state index < -0.39 is 97.5 Å². The number of unbranched alkanes of at least 4 members (excludes halogenated alkanes) is 44. The lowest BCUT2D eigenvalue weighted by molar-refractivity contribution is -0.161. The van der Waals surface area contributed by atoms with Crippen LogP contribution < -0.4 is 0 Å². The van der Waals surface area contributed by atoms with Crippen molar-refractivity contribution in [3.05, 3.63) is 0 Å². The molecule has 0 aliphatic carbocycles. The molecule has 7 atom stereocenters. The highest BCUT2D eigenvalue weighted by Gasteiger charge is 2.30. The first-order chi connectivity index (χ1) is 49.2. The number of hydrogen-bond acceptors (Lipinski definition) is 15. The number of aliphatic hydroxyl groups is 1. The molecule has 0 aliphatic heterocycles. The first-order valence-corrected chi connectivity index (χ1v) is 45.8. The largest absolute Gasteiger partial charge is 0.472 e. The van der Waals surface area contributed by atoms with E-state index in [0.29, 0.717) is 31.6 Å². The van der Waals surface area contributed by atoms with Crippen LogP contribution in [0.4, 0.5) is 0 Å². The van der Waals surface area contributed by atoms with Gasteiger partial charge in [-0.3, -0.25) is 37.3 Å². The summed E-state index contributed by atoms with van der Waals surface area (Å²) in [6.07, 6.45) is 59.7. The SMILES string of the molecule is CCC(C)CCCCCCCCCCCCCCCCCCCCC(=O)O[C@H](COC(=O)CCCCCCCCCCCC(C)C)COP(=O)(O)OCC(O)COP(=O)(O)OC[C@@H](COC(=O)CCCCCCCCCC(C)C)OC(=O)CCCCCCCCCCCCCCCCC(C)CC. The zero-order chi connectivity index (χ0) is 75.3. The number of phosphoric acid groups is 2. The zero-order valence-electron chi connectivity index (χ0n) is 67.2. The monoisotopic (exact) mass is 1490 g/mol. The van der Waals surface area contributed by atoms with Crippen molar-refractivity contribution < 1.29 is 80.2 Å². The molecule has 0 aromatic heterocycles. The third-order valence-corrected chi connectivity index (χ3v) is 21.9. The van der Waals surface area contributed by atoms with Gasteiger partial charge < -0.3 is 33.8 Å². The number of rotatable bonds is 80. The third kappa shape index (κ3) is 73.6. The number of aliphatic hydroxyl groups excluding tert-OH is 1. The molecule has 17 nitrogen and oxygen atoms in total. The third-order valence-electron chi connectivity index (χ3n) is 20.0. The van der Waals surface area contributed by atoms with Gasteiger partial charge in [0.1, 0.15) is 19.3 Å². The van der Waals surface area contributed by atoms with E-state index >= 15 is 0 Å². The van der Waals surface area contributed by atoms with E-state index in [1.165, 1.54) is 225 Å². The van der Waals surface area contributed by atoms with E-state index in [1.54, 1.807) is 0 Å². The number of phosphoric ester groups is 2. The molecule has 19 heteroatoms. The van der Waals surface area contributed by atoms with Crippen LogP contribution in [0, 0.1) is 23.7 Å². The van der Waals surface area contributed by atoms with E-state index in [-0.39, 0.29) is 25.7 Å². The molecule has 0 aliphatic rings. The summed E-state index contributed by atoms with van der Waals surface area (Å²) < 4.78 is 68.7. The number of carbonyl (C=O) groups excluding carboxylic acids is 4. The van der Waals surface area contributed by atoms with E-state index in [9.17, 15) is 43.2 Å². The van der Waals surface area contributed by atoms with Crippen LogP contribution in [0.1, 0.15) is 428 Å². The Balaban J connectivity index is 5.19. The standard InChI is InChI=1S/C83H162O17P2/c1-9-75(7)61-53-45-37-29-23-19-15-13-11-12-14-16-21-25-31-40-49-57-65-82(87)99-78(69-93-80(85)63-55-47-39-33-27-28-35-43-51-59-73(3)4)71-97-101(89,90)95-67-77(84)68-96-102(91,92)98-72-79(70-94-81(86)64-56-48-42-34-36-44-52-60-74(5)6)100-83(88)66-58-50-41-32-26-22-18-17-20-24-30-38-46-54-62-76(8)10-2/h73-79,84H,9-72H2,1-8H3,(H,89,90)(H,91,92)/t75?,76?,77?,78-,79-/m1/s1. The molecular formula is C83H162O17P2. The topological polar surface area (TPSA) is 237 Å². The van der Waals surface area contributed by atoms with Crippen LogP contribution in [-0.4, -0.2) is 96.7 Å². The molecule has 0 spiro atoms. The van der Waals surface area contributed by atoms with Crippen LogP contribution in [0.5, 0.6) is 0 Å². The predicted molar refractivity (Wildman–Crippen MR) is 418 cm³/mol. The van der Waals surface area contributed by atoms with Gasteiger partial charge in [0.2, 0.25) is 0 Å². The molecule has 0 saturated carbocycles. The van der Waals surface area contributed by atoms with Crippen LogP contribution in [-0.2, 0) is 65.4 Å². The molecule has 0 aromatic rings. The molecule has 0 fully saturated rings. The van der Waals surface area contributed by atoms with Gasteiger partial charge in [-0.1, -0.05) is 376 Å². The van der Waals surface area contributed by atoms with E-state index in [2.05, 4.69) is 55.4 Å². The molecule has 606 valence electrons. The molecule has 0 heterocycles. The fraction of sp³-hybridized carbons (Fsp3) is 0.952. The van der Waals surface area contributed by atoms with Crippen LogP contribution in [0.15, 0.2) is 0 Å². The molecule has 0 rings (SSSR count). The molecule has 0 aromatic carbocycles. The Labute approximate surface area is 626 Å². The maximum atomic E-state index is 13.1. The minimum absolute atomic E-state index is 0.107. The van der Waals surface area contributed by atoms with E-state index in [0.717, 1.165) is 114 Å². The van der Waals surface area contributed by atoms with Gasteiger partial charge in [0, 0.05) is 25.7 Å². The van der Waals surface area contributed by atoms with Gasteiger partial charge in [0.15, 0.2) is 12.2 Å². The van der Waals surface area contributed by atoms with Crippen molar-refractivity contribution in [3.63, 3.8) is 0 Å². The molecule has 3 N–H and O–H groups in total. The fourth-order valence-electron chi connectivity index (χ4n) is 12.7. The Morgan fingerprint density at radius 1 is 0.275 bits per heavy atom. The fourth-order valence-corrected chi connectivity index (χ4v) is 14.3. The molecule has 5 unspecified atom stereocenters. The van der Waals surface area contributed by atoms with E-state index in [1.807, 2.05) is 0 Å². The molecule has 0 radical (unpaired) electrons. The van der Waals surface area contributed by atoms with Gasteiger partial charge in [-0.15, -0.1) is 0 Å². The zero-order valence-corrected chi connectivity index (χ0v) is 69.0. The lowest BCUT2D eigenvalue weighted by Gasteiger charge is -2.21. The van der Waals surface area contributed by atoms with Gasteiger partial charge in [-0.05, 0) is 49.4 Å². The Kier molecular flexibility index (Phi) is 70.6. The molecule has 0 amide bonds. The minimum atomic E-state index is -4.96. The first-order valence-electron chi connectivity index (χ1n) is 42.8. The Morgan fingerprint density at radius 2 is 0.471 bits per heavy atom. The van der Waals surface area contributed by atoms with Crippen molar-refractivity contribution in [1.82, 2.24) is 0 Å². The average molecular weight is 1490 g/mol. The maximum Gasteiger partial charge on any atom is 0.472 e. The second-order valence-electron chi connectivity index (χ2n) is 31.3. The number of hydrogen-bond donors (Lipinski definition) is 3. The minimum Gasteiger partial charge on any atom is -0.462 e. The Bertz CT molecular complexity index is 1990. The summed E-state index contributed by atoms with van der Waals surface area (Å²) in [4.78, 5) is 73.0. The summed E-state index contributed by atoms with van der Waals surface area (Å²) in [7, 11) is -9.92. The highest BCUT2D eigenvalue weighted by molar-refractivity contribution is 7.47. The first kappa shape index (κ1) is 100. The van der Waals surface area contributed by atoms with Crippen molar-refractivity contribution in [3.8, 4) is 0 Å². The molecular weight excluding hydrogens is 1330 g/mol. The van der Waals surface area contributed by atoms with Crippen molar-refractivity contribution in [2.24, 2.45) is 23.7 Å². The lowest BCUT2D eigenvalue weighted by Crippen LogP contribution is -2.30. The van der Waals surface area contributed by atoms with E-state index in [4.69, 9.17) is 37.0 Å². The van der Waals surface area contributed by atoms with Crippen LogP contribution >= 0.6 is 15.6 Å². The molecule has 0 bridgehead atoms. The number of ether oxygens (including phenoxy) is 4. The Morgan fingerprint density at radius 3 is 0.696 bits per heavy atom. The van der Waals surface area contributed by atoms with Gasteiger partial charge in [0.05, 0.1) is 26.4 Å². The quantitative estimate of drug-likeness (QED) is 0.0222. The van der Waals surface area contributed by atoms with Crippen LogP contribution in [0.2, 0.25) is 0 Å². The van der Waals surface area contributed by atoms with Crippen LogP contribution in [0.3, 0.4) is 0 Å². The van der Waals surface area contributed by atoms with Crippen LogP contribution in [0.25, 0.3) is 0 Å².